The minimum absolute atomic E-state index is 0.533. The molecule has 0 bridgehead atoms. The van der Waals surface area contributed by atoms with Gasteiger partial charge in [-0.25, -0.2) is 0 Å². The molecule has 0 aromatic heterocycles. The van der Waals surface area contributed by atoms with Gasteiger partial charge in [0.2, 0.25) is 0 Å². The molecule has 1 aliphatic rings. The summed E-state index contributed by atoms with van der Waals surface area (Å²) in [6, 6.07) is 16.8. The summed E-state index contributed by atoms with van der Waals surface area (Å²) >= 11 is 3.41. The van der Waals surface area contributed by atoms with Crippen LogP contribution in [0.1, 0.15) is 35.4 Å². The summed E-state index contributed by atoms with van der Waals surface area (Å²) in [4.78, 5) is 0. The van der Waals surface area contributed by atoms with Crippen LogP contribution in [0.3, 0.4) is 0 Å². The molecule has 0 saturated heterocycles. The summed E-state index contributed by atoms with van der Waals surface area (Å²) in [5, 5.41) is 12.7. The number of hydrogen-bond acceptors (Lipinski definition) is 2. The zero-order chi connectivity index (χ0) is 14.7. The van der Waals surface area contributed by atoms with Crippen molar-refractivity contribution >= 4 is 21.6 Å². The SMILES string of the molecule is N#Cc1cc(Br)ccc1NCC1CCCc2ccccc21. The van der Waals surface area contributed by atoms with Crippen LogP contribution in [0.2, 0.25) is 0 Å². The van der Waals surface area contributed by atoms with Crippen LogP contribution in [0.15, 0.2) is 46.9 Å². The second-order valence-electron chi connectivity index (χ2n) is 5.47. The van der Waals surface area contributed by atoms with E-state index in [2.05, 4.69) is 51.6 Å². The number of halogens is 1. The van der Waals surface area contributed by atoms with Gasteiger partial charge in [0, 0.05) is 16.9 Å². The molecule has 2 nitrogen and oxygen atoms in total. The fourth-order valence-electron chi connectivity index (χ4n) is 3.06. The maximum atomic E-state index is 9.23. The lowest BCUT2D eigenvalue weighted by atomic mass is 9.83. The van der Waals surface area contributed by atoms with E-state index in [9.17, 15) is 5.26 Å². The van der Waals surface area contributed by atoms with Gasteiger partial charge >= 0.3 is 0 Å². The molecule has 1 aliphatic carbocycles. The van der Waals surface area contributed by atoms with Gasteiger partial charge < -0.3 is 5.32 Å². The first-order valence-electron chi connectivity index (χ1n) is 7.29. The van der Waals surface area contributed by atoms with Crippen LogP contribution in [-0.4, -0.2) is 6.54 Å². The highest BCUT2D eigenvalue weighted by Gasteiger charge is 2.19. The number of fused-ring (bicyclic) bond motifs is 1. The van der Waals surface area contributed by atoms with E-state index >= 15 is 0 Å². The maximum Gasteiger partial charge on any atom is 0.101 e. The molecule has 0 radical (unpaired) electrons. The van der Waals surface area contributed by atoms with Gasteiger partial charge in [-0.15, -0.1) is 0 Å². The summed E-state index contributed by atoms with van der Waals surface area (Å²) in [7, 11) is 0. The Morgan fingerprint density at radius 1 is 1.24 bits per heavy atom. The van der Waals surface area contributed by atoms with E-state index in [1.54, 1.807) is 0 Å². The Labute approximate surface area is 133 Å². The van der Waals surface area contributed by atoms with E-state index < -0.39 is 0 Å². The number of aryl methyl sites for hydroxylation is 1. The molecular weight excluding hydrogens is 324 g/mol. The fourth-order valence-corrected chi connectivity index (χ4v) is 3.42. The smallest absolute Gasteiger partial charge is 0.101 e. The van der Waals surface area contributed by atoms with Gasteiger partial charge in [0.25, 0.3) is 0 Å². The normalized spacial score (nSPS) is 16.9. The number of anilines is 1. The van der Waals surface area contributed by atoms with Crippen molar-refractivity contribution in [3.8, 4) is 6.07 Å². The average molecular weight is 341 g/mol. The van der Waals surface area contributed by atoms with Crippen LogP contribution in [0.4, 0.5) is 5.69 Å². The molecule has 1 unspecified atom stereocenters. The second-order valence-corrected chi connectivity index (χ2v) is 6.39. The molecule has 0 saturated carbocycles. The molecule has 2 aromatic carbocycles. The molecular formula is C18H17BrN2. The molecule has 0 heterocycles. The third kappa shape index (κ3) is 3.11. The van der Waals surface area contributed by atoms with Gasteiger partial charge in [0.05, 0.1) is 11.3 Å². The first-order chi connectivity index (χ1) is 10.3. The Hall–Kier alpha value is -1.79. The molecule has 0 aliphatic heterocycles. The zero-order valence-electron chi connectivity index (χ0n) is 11.8. The van der Waals surface area contributed by atoms with E-state index in [0.29, 0.717) is 11.5 Å². The highest BCUT2D eigenvalue weighted by atomic mass is 79.9. The van der Waals surface area contributed by atoms with E-state index in [0.717, 1.165) is 16.7 Å². The molecule has 3 rings (SSSR count). The summed E-state index contributed by atoms with van der Waals surface area (Å²) in [5.41, 5.74) is 4.55. The molecule has 2 aromatic rings. The summed E-state index contributed by atoms with van der Waals surface area (Å²) in [5.74, 6) is 0.533. The van der Waals surface area contributed by atoms with Crippen molar-refractivity contribution in [3.05, 3.63) is 63.6 Å². The highest BCUT2D eigenvalue weighted by Crippen LogP contribution is 2.32. The van der Waals surface area contributed by atoms with Crippen molar-refractivity contribution in [1.29, 1.82) is 5.26 Å². The lowest BCUT2D eigenvalue weighted by Gasteiger charge is -2.26. The van der Waals surface area contributed by atoms with Crippen molar-refractivity contribution in [2.45, 2.75) is 25.2 Å². The Kier molecular flexibility index (Phi) is 4.26. The summed E-state index contributed by atoms with van der Waals surface area (Å²) in [6.45, 7) is 0.882. The predicted molar refractivity (Wildman–Crippen MR) is 89.5 cm³/mol. The largest absolute Gasteiger partial charge is 0.383 e. The van der Waals surface area contributed by atoms with Crippen molar-refractivity contribution in [3.63, 3.8) is 0 Å². The Morgan fingerprint density at radius 2 is 2.10 bits per heavy atom. The lowest BCUT2D eigenvalue weighted by Crippen LogP contribution is -2.18. The van der Waals surface area contributed by atoms with Crippen LogP contribution >= 0.6 is 15.9 Å². The van der Waals surface area contributed by atoms with Crippen LogP contribution in [-0.2, 0) is 6.42 Å². The number of nitrogens with zero attached hydrogens (tertiary/aromatic N) is 1. The third-order valence-corrected chi connectivity index (χ3v) is 4.63. The van der Waals surface area contributed by atoms with Gasteiger partial charge in [-0.1, -0.05) is 40.2 Å². The summed E-state index contributed by atoms with van der Waals surface area (Å²) < 4.78 is 0.938. The Morgan fingerprint density at radius 3 is 2.95 bits per heavy atom. The van der Waals surface area contributed by atoms with Gasteiger partial charge in [0.1, 0.15) is 6.07 Å². The van der Waals surface area contributed by atoms with Gasteiger partial charge in [0.15, 0.2) is 0 Å². The Bertz CT molecular complexity index is 688. The third-order valence-electron chi connectivity index (χ3n) is 4.13. The maximum absolute atomic E-state index is 9.23. The van der Waals surface area contributed by atoms with E-state index in [1.165, 1.54) is 30.4 Å². The van der Waals surface area contributed by atoms with Crippen LogP contribution in [0.5, 0.6) is 0 Å². The number of nitrogens with one attached hydrogen (secondary N) is 1. The lowest BCUT2D eigenvalue weighted by molar-refractivity contribution is 0.572. The quantitative estimate of drug-likeness (QED) is 0.866. The molecule has 0 fully saturated rings. The van der Waals surface area contributed by atoms with E-state index in [-0.39, 0.29) is 0 Å². The first-order valence-corrected chi connectivity index (χ1v) is 8.08. The number of hydrogen-bond donors (Lipinski definition) is 1. The molecule has 1 atom stereocenters. The minimum Gasteiger partial charge on any atom is -0.383 e. The standard InChI is InChI=1S/C18H17BrN2/c19-16-8-9-18(15(10-16)11-20)21-12-14-6-3-5-13-4-1-2-7-17(13)14/h1-2,4,7-10,14,21H,3,5-6,12H2. The Balaban J connectivity index is 1.76. The van der Waals surface area contributed by atoms with Crippen molar-refractivity contribution in [2.75, 3.05) is 11.9 Å². The molecule has 0 spiro atoms. The van der Waals surface area contributed by atoms with Crippen LogP contribution in [0, 0.1) is 11.3 Å². The number of benzene rings is 2. The monoisotopic (exact) mass is 340 g/mol. The minimum atomic E-state index is 0.533. The molecule has 21 heavy (non-hydrogen) atoms. The fraction of sp³-hybridized carbons (Fsp3) is 0.278. The van der Waals surface area contributed by atoms with Crippen molar-refractivity contribution in [2.24, 2.45) is 0 Å². The number of rotatable bonds is 3. The zero-order valence-corrected chi connectivity index (χ0v) is 13.4. The van der Waals surface area contributed by atoms with Gasteiger partial charge in [-0.05, 0) is 48.6 Å². The number of nitriles is 1. The van der Waals surface area contributed by atoms with E-state index in [4.69, 9.17) is 0 Å². The molecule has 0 amide bonds. The first kappa shape index (κ1) is 14.2. The topological polar surface area (TPSA) is 35.8 Å². The molecule has 3 heteroatoms. The van der Waals surface area contributed by atoms with Crippen molar-refractivity contribution in [1.82, 2.24) is 0 Å². The van der Waals surface area contributed by atoms with Crippen molar-refractivity contribution < 1.29 is 0 Å². The average Bonchev–Trinajstić information content (AvgIpc) is 2.53. The predicted octanol–water partition coefficient (Wildman–Crippen LogP) is 4.85. The highest BCUT2D eigenvalue weighted by molar-refractivity contribution is 9.10. The molecule has 106 valence electrons. The van der Waals surface area contributed by atoms with E-state index in [1.807, 2.05) is 18.2 Å². The molecule has 1 N–H and O–H groups in total. The van der Waals surface area contributed by atoms with Crippen LogP contribution in [0.25, 0.3) is 0 Å². The summed E-state index contributed by atoms with van der Waals surface area (Å²) in [6.07, 6.45) is 3.64. The van der Waals surface area contributed by atoms with Gasteiger partial charge in [-0.2, -0.15) is 5.26 Å². The van der Waals surface area contributed by atoms with Gasteiger partial charge in [-0.3, -0.25) is 0 Å². The van der Waals surface area contributed by atoms with Crippen LogP contribution < -0.4 is 5.32 Å². The second kappa shape index (κ2) is 6.32.